The van der Waals surface area contributed by atoms with Crippen molar-refractivity contribution in [1.82, 2.24) is 14.9 Å². The summed E-state index contributed by atoms with van der Waals surface area (Å²) in [5.41, 5.74) is 1.08. The summed E-state index contributed by atoms with van der Waals surface area (Å²) in [4.78, 5) is 12.8. The van der Waals surface area contributed by atoms with E-state index in [0.29, 0.717) is 0 Å². The van der Waals surface area contributed by atoms with E-state index in [1.54, 1.807) is 6.92 Å². The highest BCUT2D eigenvalue weighted by Gasteiger charge is 2.20. The summed E-state index contributed by atoms with van der Waals surface area (Å²) in [6, 6.07) is 0. The van der Waals surface area contributed by atoms with Gasteiger partial charge in [-0.2, -0.15) is 0 Å². The summed E-state index contributed by atoms with van der Waals surface area (Å²) in [7, 11) is 0. The number of piperazine rings is 1. The lowest BCUT2D eigenvalue weighted by molar-refractivity contribution is 0.0151. The lowest BCUT2D eigenvalue weighted by Gasteiger charge is -2.36. The molecule has 0 saturated carbocycles. The maximum Gasteiger partial charge on any atom is 0.225 e. The summed E-state index contributed by atoms with van der Waals surface area (Å²) in [6.07, 6.45) is 3.31. The number of nitrogens with zero attached hydrogens (tertiary/aromatic N) is 4. The van der Waals surface area contributed by atoms with Crippen LogP contribution in [0.3, 0.4) is 0 Å². The first kappa shape index (κ1) is 11.3. The van der Waals surface area contributed by atoms with Crippen LogP contribution in [0.25, 0.3) is 0 Å². The first-order valence-corrected chi connectivity index (χ1v) is 5.62. The monoisotopic (exact) mass is 222 g/mol. The Balaban J connectivity index is 1.96. The second-order valence-electron chi connectivity index (χ2n) is 4.22. The summed E-state index contributed by atoms with van der Waals surface area (Å²) in [5.74, 6) is 0.788. The number of rotatable bonds is 2. The Hall–Kier alpha value is -1.20. The molecule has 1 N–H and O–H groups in total. The van der Waals surface area contributed by atoms with E-state index in [1.165, 1.54) is 0 Å². The number of aliphatic hydroxyl groups excluding tert-OH is 1. The van der Waals surface area contributed by atoms with Gasteiger partial charge in [-0.1, -0.05) is 0 Å². The number of aryl methyl sites for hydroxylation is 1. The van der Waals surface area contributed by atoms with Crippen molar-refractivity contribution >= 4 is 5.95 Å². The summed E-state index contributed by atoms with van der Waals surface area (Å²) in [6.45, 7) is 7.24. The van der Waals surface area contributed by atoms with Gasteiger partial charge >= 0.3 is 0 Å². The zero-order valence-corrected chi connectivity index (χ0v) is 9.80. The zero-order valence-electron chi connectivity index (χ0n) is 9.80. The molecule has 5 heteroatoms. The quantitative estimate of drug-likeness (QED) is 0.777. The molecular weight excluding hydrogens is 204 g/mol. The molecule has 1 atom stereocenters. The van der Waals surface area contributed by atoms with Crippen LogP contribution in [0.5, 0.6) is 0 Å². The van der Waals surface area contributed by atoms with Gasteiger partial charge in [0, 0.05) is 38.6 Å². The van der Waals surface area contributed by atoms with Gasteiger partial charge in [0.2, 0.25) is 5.95 Å². The highest BCUT2D eigenvalue weighted by atomic mass is 16.3. The van der Waals surface area contributed by atoms with Crippen LogP contribution in [0.15, 0.2) is 12.4 Å². The number of anilines is 1. The van der Waals surface area contributed by atoms with Crippen LogP contribution in [0.1, 0.15) is 12.5 Å². The molecule has 1 saturated heterocycles. The van der Waals surface area contributed by atoms with Gasteiger partial charge in [0.1, 0.15) is 6.23 Å². The molecule has 0 spiro atoms. The minimum absolute atomic E-state index is 0.360. The van der Waals surface area contributed by atoms with Crippen LogP contribution in [0.4, 0.5) is 5.95 Å². The van der Waals surface area contributed by atoms with Crippen molar-refractivity contribution in [3.63, 3.8) is 0 Å². The Morgan fingerprint density at radius 1 is 1.19 bits per heavy atom. The van der Waals surface area contributed by atoms with Crippen LogP contribution in [0.2, 0.25) is 0 Å². The van der Waals surface area contributed by atoms with Crippen LogP contribution in [0, 0.1) is 6.92 Å². The Kier molecular flexibility index (Phi) is 3.36. The third-order valence-electron chi connectivity index (χ3n) is 2.89. The van der Waals surface area contributed by atoms with E-state index in [-0.39, 0.29) is 6.23 Å². The number of aromatic nitrogens is 2. The third kappa shape index (κ3) is 2.48. The van der Waals surface area contributed by atoms with E-state index in [1.807, 2.05) is 24.2 Å². The molecule has 1 aromatic rings. The molecule has 0 bridgehead atoms. The van der Waals surface area contributed by atoms with Crippen LogP contribution >= 0.6 is 0 Å². The van der Waals surface area contributed by atoms with Crippen molar-refractivity contribution in [3.05, 3.63) is 18.0 Å². The second kappa shape index (κ2) is 4.76. The van der Waals surface area contributed by atoms with Crippen molar-refractivity contribution in [1.29, 1.82) is 0 Å². The van der Waals surface area contributed by atoms with Crippen molar-refractivity contribution in [2.75, 3.05) is 31.1 Å². The van der Waals surface area contributed by atoms with Gasteiger partial charge in [-0.15, -0.1) is 0 Å². The fraction of sp³-hybridized carbons (Fsp3) is 0.636. The maximum atomic E-state index is 9.45. The van der Waals surface area contributed by atoms with E-state index in [0.717, 1.165) is 37.7 Å². The molecule has 1 aliphatic heterocycles. The van der Waals surface area contributed by atoms with Gasteiger partial charge in [-0.25, -0.2) is 9.97 Å². The van der Waals surface area contributed by atoms with Gasteiger partial charge in [0.25, 0.3) is 0 Å². The van der Waals surface area contributed by atoms with Gasteiger partial charge in [-0.3, -0.25) is 4.90 Å². The molecule has 88 valence electrons. The molecule has 1 aliphatic rings. The van der Waals surface area contributed by atoms with E-state index in [4.69, 9.17) is 0 Å². The molecule has 1 unspecified atom stereocenters. The van der Waals surface area contributed by atoms with Gasteiger partial charge in [0.15, 0.2) is 0 Å². The van der Waals surface area contributed by atoms with Crippen molar-refractivity contribution in [3.8, 4) is 0 Å². The smallest absolute Gasteiger partial charge is 0.225 e. The van der Waals surface area contributed by atoms with E-state index < -0.39 is 0 Å². The summed E-state index contributed by atoms with van der Waals surface area (Å²) < 4.78 is 0. The fourth-order valence-electron chi connectivity index (χ4n) is 1.84. The molecule has 0 amide bonds. The molecule has 0 radical (unpaired) electrons. The zero-order chi connectivity index (χ0) is 11.5. The van der Waals surface area contributed by atoms with E-state index in [2.05, 4.69) is 14.9 Å². The predicted octanol–water partition coefficient (Wildman–Crippen LogP) is 0.245. The number of hydrogen-bond donors (Lipinski definition) is 1. The SMILES string of the molecule is Cc1cnc(N2CCN(C(C)O)CC2)nc1. The normalized spacial score (nSPS) is 19.8. The largest absolute Gasteiger partial charge is 0.379 e. The summed E-state index contributed by atoms with van der Waals surface area (Å²) >= 11 is 0. The Morgan fingerprint density at radius 3 is 2.25 bits per heavy atom. The Morgan fingerprint density at radius 2 is 1.75 bits per heavy atom. The molecule has 1 aromatic heterocycles. The molecular formula is C11H18N4O. The average Bonchev–Trinajstić information content (AvgIpc) is 2.30. The van der Waals surface area contributed by atoms with Crippen LogP contribution in [-0.2, 0) is 0 Å². The van der Waals surface area contributed by atoms with Crippen molar-refractivity contribution in [2.24, 2.45) is 0 Å². The maximum absolute atomic E-state index is 9.45. The van der Waals surface area contributed by atoms with Gasteiger partial charge < -0.3 is 10.0 Å². The minimum Gasteiger partial charge on any atom is -0.379 e. The standard InChI is InChI=1S/C11H18N4O/c1-9-7-12-11(13-8-9)15-5-3-14(4-6-15)10(2)16/h7-8,10,16H,3-6H2,1-2H3. The van der Waals surface area contributed by atoms with Crippen molar-refractivity contribution < 1.29 is 5.11 Å². The lowest BCUT2D eigenvalue weighted by Crippen LogP contribution is -2.50. The predicted molar refractivity (Wildman–Crippen MR) is 62.2 cm³/mol. The van der Waals surface area contributed by atoms with E-state index >= 15 is 0 Å². The Labute approximate surface area is 95.7 Å². The first-order chi connectivity index (χ1) is 7.66. The van der Waals surface area contributed by atoms with Crippen molar-refractivity contribution in [2.45, 2.75) is 20.1 Å². The fourth-order valence-corrected chi connectivity index (χ4v) is 1.84. The first-order valence-electron chi connectivity index (χ1n) is 5.62. The lowest BCUT2D eigenvalue weighted by atomic mass is 10.3. The highest BCUT2D eigenvalue weighted by molar-refractivity contribution is 5.30. The molecule has 1 fully saturated rings. The topological polar surface area (TPSA) is 52.5 Å². The molecule has 0 aliphatic carbocycles. The highest BCUT2D eigenvalue weighted by Crippen LogP contribution is 2.11. The Bertz CT molecular complexity index is 330. The number of hydrogen-bond acceptors (Lipinski definition) is 5. The molecule has 0 aromatic carbocycles. The minimum atomic E-state index is -0.360. The van der Waals surface area contributed by atoms with E-state index in [9.17, 15) is 5.11 Å². The third-order valence-corrected chi connectivity index (χ3v) is 2.89. The molecule has 2 rings (SSSR count). The average molecular weight is 222 g/mol. The van der Waals surface area contributed by atoms with Crippen LogP contribution in [-0.4, -0.2) is 52.4 Å². The summed E-state index contributed by atoms with van der Waals surface area (Å²) in [5, 5.41) is 9.45. The van der Waals surface area contributed by atoms with Gasteiger partial charge in [-0.05, 0) is 19.4 Å². The number of aliphatic hydroxyl groups is 1. The molecule has 2 heterocycles. The molecule has 5 nitrogen and oxygen atoms in total. The second-order valence-corrected chi connectivity index (χ2v) is 4.22. The van der Waals surface area contributed by atoms with Crippen LogP contribution < -0.4 is 4.90 Å². The van der Waals surface area contributed by atoms with Gasteiger partial charge in [0.05, 0.1) is 0 Å². The molecule has 16 heavy (non-hydrogen) atoms.